The van der Waals surface area contributed by atoms with Crippen molar-refractivity contribution in [2.24, 2.45) is 0 Å². The number of hydrogen-bond acceptors (Lipinski definition) is 2. The van der Waals surface area contributed by atoms with Crippen LogP contribution in [0.3, 0.4) is 0 Å². The van der Waals surface area contributed by atoms with Gasteiger partial charge in [0, 0.05) is 44.3 Å². The van der Waals surface area contributed by atoms with E-state index in [0.29, 0.717) is 56.2 Å². The van der Waals surface area contributed by atoms with Crippen LogP contribution in [-0.2, 0) is 26.5 Å². The Morgan fingerprint density at radius 2 is 1.06 bits per heavy atom. The number of benzene rings is 12. The van der Waals surface area contributed by atoms with Gasteiger partial charge in [-0.25, -0.2) is 4.98 Å². The van der Waals surface area contributed by atoms with E-state index in [9.17, 15) is 5.48 Å². The maximum atomic E-state index is 9.70. The standard InChI is InChI=1S/C82H58N4OSi.Pt/c1-82(2,3)59-47-48-83-79(51-59)86-76-42-22-21-39-71(76)72-45-43-62(53-77(72)86)87-61-30-23-29-60(52-61)84-55-85-80-67(57-27-11-5-12-28-57)40-24-41-73(80)74-54-66(88(63-31-13-6-14-32-63,64-33-15-7-16-34-64)65-35-17-8-18-36-65)44-46-70(74)68-37-19-20-38-69(68)75-49-58(50-78(84)81(75)85)56-25-9-4-10-26-56;/h4-51,54H,1-3H3;/q-2;/i4D,5D,9D,10D,11D,12D,25D,26D,27D,28D;. The number of fused-ring (bicyclic) bond motifs is 10. The van der Waals surface area contributed by atoms with Crippen LogP contribution in [0.1, 0.15) is 40.0 Å². The Morgan fingerprint density at radius 3 is 1.75 bits per heavy atom. The molecule has 0 saturated heterocycles. The van der Waals surface area contributed by atoms with Crippen LogP contribution in [0.2, 0.25) is 0 Å². The van der Waals surface area contributed by atoms with Gasteiger partial charge in [0.2, 0.25) is 0 Å². The van der Waals surface area contributed by atoms with Crippen molar-refractivity contribution in [1.29, 1.82) is 0 Å². The number of ether oxygens (including phenoxy) is 1. The van der Waals surface area contributed by atoms with Crippen molar-refractivity contribution >= 4 is 61.7 Å². The fourth-order valence-electron chi connectivity index (χ4n) is 13.1. The van der Waals surface area contributed by atoms with E-state index in [1.54, 1.807) is 22.8 Å². The minimum Gasteiger partial charge on any atom is -0.510 e. The Hall–Kier alpha value is -10.2. The van der Waals surface area contributed by atoms with Gasteiger partial charge in [-0.2, -0.15) is 18.2 Å². The van der Waals surface area contributed by atoms with Crippen molar-refractivity contribution in [3.8, 4) is 84.3 Å². The molecule has 0 amide bonds. The van der Waals surface area contributed by atoms with Crippen molar-refractivity contribution in [2.45, 2.75) is 26.2 Å². The van der Waals surface area contributed by atoms with Gasteiger partial charge in [0.25, 0.3) is 6.33 Å². The molecular weight excluding hydrogens is 1280 g/mol. The topological polar surface area (TPSA) is 35.9 Å². The Balaban J connectivity index is 0.00000798. The largest absolute Gasteiger partial charge is 0.510 e. The van der Waals surface area contributed by atoms with Crippen molar-refractivity contribution in [1.82, 2.24) is 14.1 Å². The van der Waals surface area contributed by atoms with E-state index in [-0.39, 0.29) is 37.6 Å². The second kappa shape index (κ2) is 22.5. The van der Waals surface area contributed by atoms with E-state index in [1.807, 2.05) is 108 Å². The molecule has 0 unspecified atom stereocenters. The van der Waals surface area contributed by atoms with Crippen molar-refractivity contribution in [2.75, 3.05) is 0 Å². The van der Waals surface area contributed by atoms with Crippen molar-refractivity contribution in [3.63, 3.8) is 0 Å². The summed E-state index contributed by atoms with van der Waals surface area (Å²) in [5.41, 5.74) is 9.41. The molecule has 1 aliphatic rings. The molecule has 0 fully saturated rings. The van der Waals surface area contributed by atoms with Gasteiger partial charge in [-0.15, -0.1) is 29.7 Å². The van der Waals surface area contributed by atoms with Gasteiger partial charge < -0.3 is 13.9 Å². The molecule has 0 aliphatic carbocycles. The third kappa shape index (κ3) is 9.41. The number of hydrogen-bond donors (Lipinski definition) is 0. The van der Waals surface area contributed by atoms with Crippen LogP contribution in [0.15, 0.2) is 297 Å². The van der Waals surface area contributed by atoms with Gasteiger partial charge in [-0.05, 0) is 123 Å². The molecule has 428 valence electrons. The first-order valence-corrected chi connectivity index (χ1v) is 31.3. The van der Waals surface area contributed by atoms with Crippen LogP contribution in [-0.4, -0.2) is 22.2 Å². The quantitative estimate of drug-likeness (QED) is 0.0592. The minimum absolute atomic E-state index is 0. The number of rotatable bonds is 10. The van der Waals surface area contributed by atoms with Gasteiger partial charge >= 0.3 is 0 Å². The van der Waals surface area contributed by atoms with Crippen LogP contribution in [0.5, 0.6) is 11.5 Å². The zero-order valence-electron chi connectivity index (χ0n) is 58.5. The summed E-state index contributed by atoms with van der Waals surface area (Å²) in [7, 11) is -3.29. The Kier molecular flexibility index (Phi) is 11.4. The molecule has 0 bridgehead atoms. The number of aromatic nitrogens is 4. The van der Waals surface area contributed by atoms with Crippen LogP contribution < -0.4 is 30.1 Å². The van der Waals surface area contributed by atoms with E-state index in [2.05, 4.69) is 159 Å². The Labute approximate surface area is 548 Å². The van der Waals surface area contributed by atoms with Gasteiger partial charge in [0.1, 0.15) is 5.82 Å². The predicted molar refractivity (Wildman–Crippen MR) is 363 cm³/mol. The molecule has 5 nitrogen and oxygen atoms in total. The fourth-order valence-corrected chi connectivity index (χ4v) is 17.9. The summed E-state index contributed by atoms with van der Waals surface area (Å²) in [5, 5.41) is 6.46. The molecule has 3 aromatic heterocycles. The molecule has 0 atom stereocenters. The van der Waals surface area contributed by atoms with Gasteiger partial charge in [-0.3, -0.25) is 4.57 Å². The molecular formula is C82H58N4OPtSi-2. The summed E-state index contributed by atoms with van der Waals surface area (Å²) in [5.74, 6) is 1.45. The molecule has 0 saturated carbocycles. The SMILES string of the molecule is [2H]c1c([2H])c([2H])c(-c2cc3c4c(c2)n(-c2[c-]c(Oc5[c-]c6c(cc5)c5ccccc5n6-c5cc(C(C)(C)C)ccn5)ccc2)[c-][n+]4-c2c(cccc2-c2c([2H])c([2H])c([2H])c([2H])c2[2H])-c2cc([Si](c4ccccc4)(c4ccccc4)c4ccccc4)ccc2-c2ccccc2-3)c([2H])c1[2H].[Pt]. The van der Waals surface area contributed by atoms with E-state index >= 15 is 0 Å². The monoisotopic (exact) mass is 1350 g/mol. The third-order valence-corrected chi connectivity index (χ3v) is 21.8. The number of nitrogens with zero attached hydrogens (tertiary/aromatic N) is 4. The Bertz CT molecular complexity index is 5650. The predicted octanol–water partition coefficient (Wildman–Crippen LogP) is 16.9. The van der Waals surface area contributed by atoms with E-state index < -0.39 is 68.5 Å². The smallest absolute Gasteiger partial charge is 0.268 e. The first-order chi connectivity index (χ1) is 47.4. The third-order valence-electron chi connectivity index (χ3n) is 17.1. The average molecular weight is 1350 g/mol. The molecule has 15 aromatic rings. The maximum Gasteiger partial charge on any atom is 0.268 e. The van der Waals surface area contributed by atoms with Gasteiger partial charge in [-0.1, -0.05) is 263 Å². The van der Waals surface area contributed by atoms with Crippen LogP contribution in [0.25, 0.3) is 106 Å². The molecule has 89 heavy (non-hydrogen) atoms. The molecule has 12 aromatic carbocycles. The fraction of sp³-hybridized carbons (Fsp3) is 0.0488. The summed E-state index contributed by atoms with van der Waals surface area (Å²) >= 11 is 0. The molecule has 7 heteroatoms. The number of pyridine rings is 1. The van der Waals surface area contributed by atoms with Crippen LogP contribution >= 0.6 is 0 Å². The summed E-state index contributed by atoms with van der Waals surface area (Å²) in [6.07, 6.45) is 5.61. The normalized spacial score (nSPS) is 13.5. The molecule has 0 radical (unpaired) electrons. The first-order valence-electron chi connectivity index (χ1n) is 34.3. The van der Waals surface area contributed by atoms with Crippen molar-refractivity contribution in [3.05, 3.63) is 321 Å². The van der Waals surface area contributed by atoms with E-state index in [4.69, 9.17) is 17.9 Å². The summed E-state index contributed by atoms with van der Waals surface area (Å²) in [4.78, 5) is 4.89. The van der Waals surface area contributed by atoms with Crippen molar-refractivity contribution < 1.29 is 44.1 Å². The number of para-hydroxylation sites is 2. The molecule has 1 aliphatic heterocycles. The zero-order chi connectivity index (χ0) is 67.6. The molecule has 0 N–H and O–H groups in total. The second-order valence-corrected chi connectivity index (χ2v) is 26.9. The summed E-state index contributed by atoms with van der Waals surface area (Å²) in [6.45, 7) is 6.53. The summed E-state index contributed by atoms with van der Waals surface area (Å²) in [6, 6.07) is 80.1. The molecule has 0 spiro atoms. The molecule has 16 rings (SSSR count). The Morgan fingerprint density at radius 1 is 0.461 bits per heavy atom. The van der Waals surface area contributed by atoms with Gasteiger partial charge in [0.15, 0.2) is 8.07 Å². The van der Waals surface area contributed by atoms with Crippen LogP contribution in [0, 0.1) is 18.5 Å². The number of imidazole rings is 1. The van der Waals surface area contributed by atoms with E-state index in [1.165, 1.54) is 0 Å². The molecule has 4 heterocycles. The van der Waals surface area contributed by atoms with E-state index in [0.717, 1.165) is 76.2 Å². The summed E-state index contributed by atoms with van der Waals surface area (Å²) < 4.78 is 105. The van der Waals surface area contributed by atoms with Crippen LogP contribution in [0.4, 0.5) is 0 Å². The minimum atomic E-state index is -3.29. The average Bonchev–Trinajstić information content (AvgIpc) is 1.59. The first kappa shape index (κ1) is 45.1. The second-order valence-electron chi connectivity index (χ2n) is 23.1. The van der Waals surface area contributed by atoms with Gasteiger partial charge in [0.05, 0.1) is 30.4 Å². The maximum absolute atomic E-state index is 9.70. The zero-order valence-corrected chi connectivity index (χ0v) is 51.8.